The smallest absolute Gasteiger partial charge is 0.251 e. The fraction of sp³-hybridized carbons (Fsp3) is 0.438. The van der Waals surface area contributed by atoms with Crippen LogP contribution in [0.3, 0.4) is 0 Å². The van der Waals surface area contributed by atoms with E-state index in [2.05, 4.69) is 15.5 Å². The Balaban J connectivity index is 0.00000208. The summed E-state index contributed by atoms with van der Waals surface area (Å²) < 4.78 is 10.3. The minimum Gasteiger partial charge on any atom is -0.497 e. The van der Waals surface area contributed by atoms with Crippen LogP contribution in [-0.4, -0.2) is 23.2 Å². The van der Waals surface area contributed by atoms with Gasteiger partial charge < -0.3 is 20.3 Å². The molecule has 1 aromatic heterocycles. The molecule has 1 saturated carbocycles. The lowest BCUT2D eigenvalue weighted by Gasteiger charge is -2.17. The Labute approximate surface area is 146 Å². The average Bonchev–Trinajstić information content (AvgIpc) is 3.22. The van der Waals surface area contributed by atoms with Crippen molar-refractivity contribution in [3.05, 3.63) is 41.5 Å². The Bertz CT molecular complexity index is 681. The van der Waals surface area contributed by atoms with Crippen molar-refractivity contribution < 1.29 is 14.1 Å². The maximum atomic E-state index is 12.1. The molecule has 1 amide bonds. The molecule has 0 saturated heterocycles. The zero-order valence-corrected chi connectivity index (χ0v) is 14.3. The van der Waals surface area contributed by atoms with Crippen molar-refractivity contribution >= 4 is 18.3 Å². The van der Waals surface area contributed by atoms with E-state index in [9.17, 15) is 4.79 Å². The van der Waals surface area contributed by atoms with Crippen LogP contribution >= 0.6 is 12.4 Å². The van der Waals surface area contributed by atoms with E-state index in [1.807, 2.05) is 0 Å². The van der Waals surface area contributed by atoms with E-state index in [0.29, 0.717) is 23.0 Å². The first-order valence-electron chi connectivity index (χ1n) is 7.65. The largest absolute Gasteiger partial charge is 0.497 e. The van der Waals surface area contributed by atoms with Crippen molar-refractivity contribution in [3.63, 3.8) is 0 Å². The van der Waals surface area contributed by atoms with Gasteiger partial charge in [0.05, 0.1) is 19.2 Å². The molecular formula is C16H21ClN4O3. The van der Waals surface area contributed by atoms with Gasteiger partial charge in [-0.2, -0.15) is 4.98 Å². The third-order valence-corrected chi connectivity index (χ3v) is 4.16. The zero-order valence-electron chi connectivity index (χ0n) is 13.4. The fourth-order valence-electron chi connectivity index (χ4n) is 2.76. The summed E-state index contributed by atoms with van der Waals surface area (Å²) in [5.74, 6) is 1.38. The highest BCUT2D eigenvalue weighted by Crippen LogP contribution is 2.34. The van der Waals surface area contributed by atoms with Crippen LogP contribution in [-0.2, 0) is 12.1 Å². The van der Waals surface area contributed by atoms with Gasteiger partial charge in [0.1, 0.15) is 5.75 Å². The normalized spacial score (nSPS) is 15.6. The van der Waals surface area contributed by atoms with E-state index in [4.69, 9.17) is 15.0 Å². The van der Waals surface area contributed by atoms with Gasteiger partial charge >= 0.3 is 0 Å². The van der Waals surface area contributed by atoms with Gasteiger partial charge in [0, 0.05) is 5.56 Å². The Hall–Kier alpha value is -2.12. The number of ether oxygens (including phenoxy) is 1. The predicted octanol–water partition coefficient (Wildman–Crippen LogP) is 2.16. The van der Waals surface area contributed by atoms with Crippen LogP contribution in [0.1, 0.15) is 47.8 Å². The highest BCUT2D eigenvalue weighted by Gasteiger charge is 2.35. The molecule has 1 fully saturated rings. The van der Waals surface area contributed by atoms with Gasteiger partial charge in [-0.15, -0.1) is 12.4 Å². The first-order chi connectivity index (χ1) is 11.1. The van der Waals surface area contributed by atoms with E-state index in [-0.39, 0.29) is 24.9 Å². The van der Waals surface area contributed by atoms with Gasteiger partial charge in [-0.25, -0.2) is 0 Å². The Kier molecular flexibility index (Phi) is 5.80. The Morgan fingerprint density at radius 2 is 2.00 bits per heavy atom. The number of carbonyl (C=O) groups excluding carboxylic acids is 1. The number of nitrogens with two attached hydrogens (primary N) is 1. The molecule has 1 aliphatic carbocycles. The van der Waals surface area contributed by atoms with Crippen molar-refractivity contribution in [2.45, 2.75) is 37.8 Å². The van der Waals surface area contributed by atoms with Gasteiger partial charge in [0.2, 0.25) is 5.89 Å². The number of nitrogens with zero attached hydrogens (tertiary/aromatic N) is 2. The molecule has 1 aromatic carbocycles. The van der Waals surface area contributed by atoms with Crippen LogP contribution < -0.4 is 15.8 Å². The molecule has 24 heavy (non-hydrogen) atoms. The lowest BCUT2D eigenvalue weighted by Crippen LogP contribution is -2.34. The van der Waals surface area contributed by atoms with Crippen LogP contribution in [0.4, 0.5) is 0 Å². The summed E-state index contributed by atoms with van der Waals surface area (Å²) in [6.45, 7) is 0.175. The second-order valence-electron chi connectivity index (χ2n) is 5.79. The molecule has 0 aliphatic heterocycles. The number of aromatic nitrogens is 2. The molecule has 0 atom stereocenters. The van der Waals surface area contributed by atoms with Gasteiger partial charge in [-0.1, -0.05) is 18.0 Å². The SMILES string of the molecule is COc1ccc(C(=O)NCc2nc(C3(N)CCCC3)no2)cc1.Cl. The molecule has 3 N–H and O–H groups in total. The highest BCUT2D eigenvalue weighted by atomic mass is 35.5. The van der Waals surface area contributed by atoms with Crippen molar-refractivity contribution in [2.75, 3.05) is 7.11 Å². The maximum Gasteiger partial charge on any atom is 0.251 e. The molecule has 1 aliphatic rings. The van der Waals surface area contributed by atoms with E-state index < -0.39 is 5.54 Å². The third kappa shape index (κ3) is 3.85. The van der Waals surface area contributed by atoms with Crippen molar-refractivity contribution in [1.29, 1.82) is 0 Å². The van der Waals surface area contributed by atoms with Crippen LogP contribution in [0, 0.1) is 0 Å². The predicted molar refractivity (Wildman–Crippen MR) is 90.0 cm³/mol. The summed E-state index contributed by atoms with van der Waals surface area (Å²) in [6, 6.07) is 6.86. The van der Waals surface area contributed by atoms with Gasteiger partial charge in [-0.05, 0) is 37.1 Å². The quantitative estimate of drug-likeness (QED) is 0.854. The van der Waals surface area contributed by atoms with Crippen molar-refractivity contribution in [3.8, 4) is 5.75 Å². The van der Waals surface area contributed by atoms with Gasteiger partial charge in [-0.3, -0.25) is 4.79 Å². The number of rotatable bonds is 5. The Morgan fingerprint density at radius 3 is 2.62 bits per heavy atom. The molecule has 0 unspecified atom stereocenters. The number of hydrogen-bond donors (Lipinski definition) is 2. The van der Waals surface area contributed by atoms with E-state index >= 15 is 0 Å². The topological polar surface area (TPSA) is 103 Å². The standard InChI is InChI=1S/C16H20N4O3.ClH/c1-22-12-6-4-11(5-7-12)14(21)18-10-13-19-15(20-23-13)16(17)8-2-3-9-16;/h4-7H,2-3,8-10,17H2,1H3,(H,18,21);1H. The second-order valence-corrected chi connectivity index (χ2v) is 5.79. The van der Waals surface area contributed by atoms with Crippen LogP contribution in [0.5, 0.6) is 5.75 Å². The zero-order chi connectivity index (χ0) is 16.3. The summed E-state index contributed by atoms with van der Waals surface area (Å²) >= 11 is 0. The van der Waals surface area contributed by atoms with Crippen molar-refractivity contribution in [1.82, 2.24) is 15.5 Å². The van der Waals surface area contributed by atoms with E-state index in [1.165, 1.54) is 0 Å². The number of amides is 1. The lowest BCUT2D eigenvalue weighted by molar-refractivity contribution is 0.0946. The second kappa shape index (κ2) is 7.63. The molecule has 7 nitrogen and oxygen atoms in total. The van der Waals surface area contributed by atoms with Crippen LogP contribution in [0.2, 0.25) is 0 Å². The summed E-state index contributed by atoms with van der Waals surface area (Å²) in [5, 5.41) is 6.72. The first kappa shape index (κ1) is 18.2. The molecule has 2 aromatic rings. The number of nitrogens with one attached hydrogen (secondary N) is 1. The van der Waals surface area contributed by atoms with Crippen molar-refractivity contribution in [2.24, 2.45) is 5.73 Å². The highest BCUT2D eigenvalue weighted by molar-refractivity contribution is 5.94. The average molecular weight is 353 g/mol. The third-order valence-electron chi connectivity index (χ3n) is 4.16. The minimum absolute atomic E-state index is 0. The minimum atomic E-state index is -0.484. The number of benzene rings is 1. The first-order valence-corrected chi connectivity index (χ1v) is 7.65. The van der Waals surface area contributed by atoms with Crippen LogP contribution in [0.15, 0.2) is 28.8 Å². The van der Waals surface area contributed by atoms with E-state index in [0.717, 1.165) is 25.7 Å². The monoisotopic (exact) mass is 352 g/mol. The number of carbonyl (C=O) groups is 1. The Morgan fingerprint density at radius 1 is 1.33 bits per heavy atom. The maximum absolute atomic E-state index is 12.1. The molecule has 0 radical (unpaired) electrons. The molecular weight excluding hydrogens is 332 g/mol. The number of hydrogen-bond acceptors (Lipinski definition) is 6. The summed E-state index contributed by atoms with van der Waals surface area (Å²) in [6.07, 6.45) is 3.89. The summed E-state index contributed by atoms with van der Waals surface area (Å²) in [5.41, 5.74) is 6.34. The number of methoxy groups -OCH3 is 1. The molecule has 130 valence electrons. The lowest BCUT2D eigenvalue weighted by atomic mass is 9.99. The summed E-state index contributed by atoms with van der Waals surface area (Å²) in [4.78, 5) is 16.4. The fourth-order valence-corrected chi connectivity index (χ4v) is 2.76. The summed E-state index contributed by atoms with van der Waals surface area (Å²) in [7, 11) is 1.58. The number of halogens is 1. The van der Waals surface area contributed by atoms with E-state index in [1.54, 1.807) is 31.4 Å². The molecule has 0 spiro atoms. The molecule has 1 heterocycles. The van der Waals surface area contributed by atoms with Gasteiger partial charge in [0.15, 0.2) is 5.82 Å². The van der Waals surface area contributed by atoms with Gasteiger partial charge in [0.25, 0.3) is 5.91 Å². The molecule has 3 rings (SSSR count). The van der Waals surface area contributed by atoms with Crippen LogP contribution in [0.25, 0.3) is 0 Å². The molecule has 0 bridgehead atoms. The molecule has 8 heteroatoms.